The molecule has 0 saturated carbocycles. The maximum absolute atomic E-state index is 13.4. The van der Waals surface area contributed by atoms with Crippen molar-refractivity contribution in [3.63, 3.8) is 0 Å². The molecule has 0 bridgehead atoms. The van der Waals surface area contributed by atoms with Gasteiger partial charge < -0.3 is 15.4 Å². The van der Waals surface area contributed by atoms with Crippen molar-refractivity contribution < 1.29 is 27.1 Å². The summed E-state index contributed by atoms with van der Waals surface area (Å²) in [6, 6.07) is 15.9. The van der Waals surface area contributed by atoms with Gasteiger partial charge in [0.15, 0.2) is 6.61 Å². The molecule has 3 N–H and O–H groups in total. The van der Waals surface area contributed by atoms with Crippen LogP contribution in [0.5, 0.6) is 5.75 Å². The highest BCUT2D eigenvalue weighted by atomic mass is 32.2. The summed E-state index contributed by atoms with van der Waals surface area (Å²) >= 11 is 0. The van der Waals surface area contributed by atoms with Crippen molar-refractivity contribution in [1.82, 2.24) is 5.32 Å². The number of nitrogens with one attached hydrogen (secondary N) is 3. The number of rotatable bonds is 9. The fourth-order valence-corrected chi connectivity index (χ4v) is 4.07. The van der Waals surface area contributed by atoms with Crippen LogP contribution in [0, 0.1) is 12.7 Å². The topological polar surface area (TPSA) is 114 Å². The molecule has 0 unspecified atom stereocenters. The van der Waals surface area contributed by atoms with Gasteiger partial charge in [-0.3, -0.25) is 14.3 Å². The van der Waals surface area contributed by atoms with E-state index in [0.29, 0.717) is 23.5 Å². The normalized spacial score (nSPS) is 10.9. The predicted molar refractivity (Wildman–Crippen MR) is 127 cm³/mol. The fraction of sp³-hybridized carbons (Fsp3) is 0.167. The number of amides is 2. The van der Waals surface area contributed by atoms with Gasteiger partial charge in [-0.25, -0.2) is 12.8 Å². The molecule has 0 aliphatic rings. The first-order valence-electron chi connectivity index (χ1n) is 10.4. The summed E-state index contributed by atoms with van der Waals surface area (Å²) in [4.78, 5) is 23.9. The van der Waals surface area contributed by atoms with Crippen LogP contribution >= 0.6 is 0 Å². The molecular formula is C24H24FN3O5S. The zero-order valence-corrected chi connectivity index (χ0v) is 19.4. The van der Waals surface area contributed by atoms with Gasteiger partial charge in [-0.2, -0.15) is 0 Å². The first-order valence-corrected chi connectivity index (χ1v) is 11.9. The number of sulfonamides is 1. The Morgan fingerprint density at radius 1 is 0.941 bits per heavy atom. The SMILES string of the molecule is CCNC(=O)COc1ccc(NC(=O)c2ccc(NS(=O)(=O)c3ccc(F)c(C)c3)cc2)cc1. The van der Waals surface area contributed by atoms with Gasteiger partial charge in [0.2, 0.25) is 0 Å². The van der Waals surface area contributed by atoms with E-state index in [0.717, 1.165) is 6.07 Å². The van der Waals surface area contributed by atoms with Crippen LogP contribution < -0.4 is 20.1 Å². The Labute approximate surface area is 197 Å². The maximum Gasteiger partial charge on any atom is 0.261 e. The molecule has 8 nitrogen and oxygen atoms in total. The number of aryl methyl sites for hydroxylation is 1. The van der Waals surface area contributed by atoms with Crippen molar-refractivity contribution in [3.8, 4) is 5.75 Å². The Morgan fingerprint density at radius 3 is 2.21 bits per heavy atom. The Kier molecular flexibility index (Phi) is 7.85. The molecule has 0 aliphatic carbocycles. The average molecular weight is 486 g/mol. The van der Waals surface area contributed by atoms with Gasteiger partial charge in [0.1, 0.15) is 11.6 Å². The standard InChI is InChI=1S/C24H24FN3O5S/c1-3-26-23(29)15-33-20-10-8-18(9-11-20)27-24(30)17-4-6-19(7-5-17)28-34(31,32)21-12-13-22(25)16(2)14-21/h4-14,28H,3,15H2,1-2H3,(H,26,29)(H,27,30). The van der Waals surface area contributed by atoms with Crippen LogP contribution in [0.25, 0.3) is 0 Å². The molecule has 3 aromatic carbocycles. The zero-order valence-electron chi connectivity index (χ0n) is 18.6. The van der Waals surface area contributed by atoms with Gasteiger partial charge in [-0.15, -0.1) is 0 Å². The second-order valence-corrected chi connectivity index (χ2v) is 9.00. The Morgan fingerprint density at radius 2 is 1.59 bits per heavy atom. The Hall–Kier alpha value is -3.92. The third kappa shape index (κ3) is 6.55. The smallest absolute Gasteiger partial charge is 0.261 e. The molecule has 0 heterocycles. The molecule has 178 valence electrons. The third-order valence-corrected chi connectivity index (χ3v) is 6.07. The molecule has 0 fully saturated rings. The molecule has 0 aromatic heterocycles. The maximum atomic E-state index is 13.4. The highest BCUT2D eigenvalue weighted by Gasteiger charge is 2.16. The summed E-state index contributed by atoms with van der Waals surface area (Å²) in [7, 11) is -3.91. The third-order valence-electron chi connectivity index (χ3n) is 4.70. The lowest BCUT2D eigenvalue weighted by Crippen LogP contribution is -2.28. The molecule has 0 atom stereocenters. The van der Waals surface area contributed by atoms with Gasteiger partial charge in [0.05, 0.1) is 4.90 Å². The molecule has 3 aromatic rings. The molecule has 10 heteroatoms. The van der Waals surface area contributed by atoms with E-state index in [4.69, 9.17) is 4.74 Å². The number of halogens is 1. The number of carbonyl (C=O) groups excluding carboxylic acids is 2. The van der Waals surface area contributed by atoms with E-state index in [2.05, 4.69) is 15.4 Å². The summed E-state index contributed by atoms with van der Waals surface area (Å²) in [5.41, 5.74) is 1.31. The van der Waals surface area contributed by atoms with E-state index < -0.39 is 15.8 Å². The summed E-state index contributed by atoms with van der Waals surface area (Å²) in [5.74, 6) is -0.619. The van der Waals surface area contributed by atoms with E-state index in [1.54, 1.807) is 24.3 Å². The molecule has 0 saturated heterocycles. The molecule has 3 rings (SSSR count). The monoisotopic (exact) mass is 485 g/mol. The quantitative estimate of drug-likeness (QED) is 0.428. The van der Waals surface area contributed by atoms with Crippen LogP contribution in [0.1, 0.15) is 22.8 Å². The van der Waals surface area contributed by atoms with Crippen molar-refractivity contribution in [2.75, 3.05) is 23.2 Å². The minimum atomic E-state index is -3.91. The van der Waals surface area contributed by atoms with Crippen LogP contribution in [0.4, 0.5) is 15.8 Å². The molecule has 34 heavy (non-hydrogen) atoms. The highest BCUT2D eigenvalue weighted by molar-refractivity contribution is 7.92. The predicted octanol–water partition coefficient (Wildman–Crippen LogP) is 3.70. The fourth-order valence-electron chi connectivity index (χ4n) is 2.92. The van der Waals surface area contributed by atoms with Crippen LogP contribution in [0.15, 0.2) is 71.6 Å². The molecule has 0 radical (unpaired) electrons. The Bertz CT molecular complexity index is 1280. The molecule has 0 spiro atoms. The lowest BCUT2D eigenvalue weighted by Gasteiger charge is -2.10. The number of carbonyl (C=O) groups is 2. The Balaban J connectivity index is 1.59. The highest BCUT2D eigenvalue weighted by Crippen LogP contribution is 2.20. The number of benzene rings is 3. The van der Waals surface area contributed by atoms with Gasteiger partial charge in [-0.05, 0) is 86.1 Å². The van der Waals surface area contributed by atoms with Gasteiger partial charge >= 0.3 is 0 Å². The van der Waals surface area contributed by atoms with Crippen LogP contribution in [0.3, 0.4) is 0 Å². The minimum Gasteiger partial charge on any atom is -0.484 e. The number of likely N-dealkylation sites (N-methyl/N-ethyl adjacent to an activating group) is 1. The lowest BCUT2D eigenvalue weighted by molar-refractivity contribution is -0.122. The first-order chi connectivity index (χ1) is 16.2. The van der Waals surface area contributed by atoms with Gasteiger partial charge in [0.25, 0.3) is 21.8 Å². The van der Waals surface area contributed by atoms with E-state index >= 15 is 0 Å². The van der Waals surface area contributed by atoms with Crippen molar-refractivity contribution in [3.05, 3.63) is 83.7 Å². The molecular weight excluding hydrogens is 461 g/mol. The van der Waals surface area contributed by atoms with E-state index in [9.17, 15) is 22.4 Å². The number of hydrogen-bond acceptors (Lipinski definition) is 5. The van der Waals surface area contributed by atoms with E-state index in [-0.39, 0.29) is 34.6 Å². The van der Waals surface area contributed by atoms with Gasteiger partial charge in [0, 0.05) is 23.5 Å². The average Bonchev–Trinajstić information content (AvgIpc) is 2.80. The number of ether oxygens (including phenoxy) is 1. The zero-order chi connectivity index (χ0) is 24.7. The second kappa shape index (κ2) is 10.8. The number of anilines is 2. The largest absolute Gasteiger partial charge is 0.484 e. The minimum absolute atomic E-state index is 0.0633. The van der Waals surface area contributed by atoms with Crippen molar-refractivity contribution in [2.24, 2.45) is 0 Å². The second-order valence-electron chi connectivity index (χ2n) is 7.31. The van der Waals surface area contributed by atoms with Crippen LogP contribution in [-0.2, 0) is 14.8 Å². The molecule has 2 amide bonds. The van der Waals surface area contributed by atoms with Crippen LogP contribution in [0.2, 0.25) is 0 Å². The molecule has 0 aliphatic heterocycles. The summed E-state index contributed by atoms with van der Waals surface area (Å²) in [6.45, 7) is 3.72. The van der Waals surface area contributed by atoms with E-state index in [1.807, 2.05) is 6.92 Å². The van der Waals surface area contributed by atoms with Crippen molar-refractivity contribution >= 4 is 33.2 Å². The summed E-state index contributed by atoms with van der Waals surface area (Å²) in [6.07, 6.45) is 0. The van der Waals surface area contributed by atoms with Crippen molar-refractivity contribution in [1.29, 1.82) is 0 Å². The van der Waals surface area contributed by atoms with Crippen molar-refractivity contribution in [2.45, 2.75) is 18.7 Å². The summed E-state index contributed by atoms with van der Waals surface area (Å²) in [5, 5.41) is 5.36. The van der Waals surface area contributed by atoms with Gasteiger partial charge in [-0.1, -0.05) is 0 Å². The lowest BCUT2D eigenvalue weighted by atomic mass is 10.2. The van der Waals surface area contributed by atoms with Crippen LogP contribution in [-0.4, -0.2) is 33.4 Å². The van der Waals surface area contributed by atoms with E-state index in [1.165, 1.54) is 43.3 Å². The first kappa shape index (κ1) is 24.7. The number of hydrogen-bond donors (Lipinski definition) is 3. The summed E-state index contributed by atoms with van der Waals surface area (Å²) < 4.78 is 46.2.